The van der Waals surface area contributed by atoms with E-state index in [1.165, 1.54) is 0 Å². The van der Waals surface area contributed by atoms with Crippen LogP contribution in [0.5, 0.6) is 0 Å². The maximum atomic E-state index is 12.8. The molecule has 2 aliphatic rings. The molecule has 0 spiro atoms. The van der Waals surface area contributed by atoms with Crippen LogP contribution in [0.1, 0.15) is 44.0 Å². The molecule has 2 fully saturated rings. The number of carbonyl (C=O) groups excluding carboxylic acids is 1. The lowest BCUT2D eigenvalue weighted by Gasteiger charge is -2.45. The van der Waals surface area contributed by atoms with Crippen LogP contribution >= 0.6 is 11.6 Å². The summed E-state index contributed by atoms with van der Waals surface area (Å²) in [5.74, 6) is 1.35. The normalized spacial score (nSPS) is 20.1. The number of amides is 2. The summed E-state index contributed by atoms with van der Waals surface area (Å²) in [6.07, 6.45) is 6.38. The number of nitriles is 1. The molecule has 1 aliphatic heterocycles. The number of benzene rings is 1. The molecule has 12 heteroatoms. The summed E-state index contributed by atoms with van der Waals surface area (Å²) in [6, 6.07) is 7.50. The largest absolute Gasteiger partial charge is 0.365 e. The van der Waals surface area contributed by atoms with E-state index in [2.05, 4.69) is 33.2 Å². The predicted molar refractivity (Wildman–Crippen MR) is 130 cm³/mol. The summed E-state index contributed by atoms with van der Waals surface area (Å²) in [5.41, 5.74) is 2.03. The van der Waals surface area contributed by atoms with Crippen molar-refractivity contribution in [2.24, 2.45) is 0 Å². The number of piperazine rings is 1. The Morgan fingerprint density at radius 1 is 1.21 bits per heavy atom. The van der Waals surface area contributed by atoms with Crippen molar-refractivity contribution in [3.8, 4) is 6.07 Å². The Kier molecular flexibility index (Phi) is 7.97. The van der Waals surface area contributed by atoms with Gasteiger partial charge in [-0.05, 0) is 44.9 Å². The van der Waals surface area contributed by atoms with E-state index < -0.39 is 10.1 Å². The van der Waals surface area contributed by atoms with Gasteiger partial charge in [0.05, 0.1) is 34.9 Å². The lowest BCUT2D eigenvalue weighted by molar-refractivity contribution is 0.173. The molecule has 1 aromatic carbocycles. The number of carbonyl (C=O) groups is 1. The minimum Gasteiger partial charge on any atom is -0.365 e. The number of urea groups is 1. The molecule has 0 unspecified atom stereocenters. The van der Waals surface area contributed by atoms with Gasteiger partial charge < -0.3 is 15.1 Å². The van der Waals surface area contributed by atoms with E-state index in [0.29, 0.717) is 41.5 Å². The van der Waals surface area contributed by atoms with Crippen LogP contribution in [0.25, 0.3) is 0 Å². The summed E-state index contributed by atoms with van der Waals surface area (Å²) in [5, 5.41) is 12.4. The van der Waals surface area contributed by atoms with Gasteiger partial charge in [-0.25, -0.2) is 14.8 Å². The monoisotopic (exact) mass is 506 g/mol. The zero-order valence-corrected chi connectivity index (χ0v) is 20.7. The maximum Gasteiger partial charge on any atom is 0.322 e. The van der Waals surface area contributed by atoms with Gasteiger partial charge in [0.2, 0.25) is 0 Å². The van der Waals surface area contributed by atoms with Crippen molar-refractivity contribution in [1.29, 1.82) is 5.26 Å². The molecular formula is C22H27ClN6O4S. The van der Waals surface area contributed by atoms with Gasteiger partial charge in [-0.3, -0.25) is 4.55 Å². The second-order valence-corrected chi connectivity index (χ2v) is 10.4. The molecule has 1 saturated carbocycles. The molecule has 2 atom stereocenters. The fraction of sp³-hybridized carbons (Fsp3) is 0.455. The number of halogens is 1. The Morgan fingerprint density at radius 3 is 2.35 bits per heavy atom. The second kappa shape index (κ2) is 10.5. The minimum atomic E-state index is -3.67. The molecular weight excluding hydrogens is 480 g/mol. The highest BCUT2D eigenvalue weighted by atomic mass is 35.5. The molecule has 0 radical (unpaired) electrons. The van der Waals surface area contributed by atoms with Crippen molar-refractivity contribution in [3.63, 3.8) is 0 Å². The van der Waals surface area contributed by atoms with E-state index in [0.717, 1.165) is 24.4 Å². The van der Waals surface area contributed by atoms with Crippen LogP contribution in [-0.4, -0.2) is 65.3 Å². The smallest absolute Gasteiger partial charge is 0.322 e. The first kappa shape index (κ1) is 25.7. The molecule has 1 saturated heterocycles. The van der Waals surface area contributed by atoms with Gasteiger partial charge in [0.1, 0.15) is 11.9 Å². The van der Waals surface area contributed by atoms with Gasteiger partial charge in [-0.15, -0.1) is 0 Å². The Morgan fingerprint density at radius 2 is 1.82 bits per heavy atom. The van der Waals surface area contributed by atoms with E-state index in [1.54, 1.807) is 18.5 Å². The van der Waals surface area contributed by atoms with Crippen LogP contribution in [0.3, 0.4) is 0 Å². The van der Waals surface area contributed by atoms with Gasteiger partial charge in [-0.1, -0.05) is 11.6 Å². The molecule has 2 aromatic rings. The number of nitrogens with zero attached hydrogens (tertiary/aromatic N) is 5. The zero-order chi connectivity index (χ0) is 25.0. The SMILES string of the molecule is CS(=O)(=O)O.C[C@@H]1CN(c2ccc(C#N)c(Cl)c2)[C@@H](C)CN1C(=O)Nc1cnc(C2CC2)nc1. The zero-order valence-electron chi connectivity index (χ0n) is 19.1. The average Bonchev–Trinajstić information content (AvgIpc) is 3.60. The summed E-state index contributed by atoms with van der Waals surface area (Å²) >= 11 is 6.20. The molecule has 1 aliphatic carbocycles. The van der Waals surface area contributed by atoms with E-state index in [-0.39, 0.29) is 18.1 Å². The average molecular weight is 507 g/mol. The molecule has 34 heavy (non-hydrogen) atoms. The molecule has 4 rings (SSSR count). The molecule has 2 heterocycles. The number of hydrogen-bond donors (Lipinski definition) is 2. The summed E-state index contributed by atoms with van der Waals surface area (Å²) in [7, 11) is -3.67. The summed E-state index contributed by atoms with van der Waals surface area (Å²) in [4.78, 5) is 25.6. The van der Waals surface area contributed by atoms with Gasteiger partial charge in [0.25, 0.3) is 10.1 Å². The van der Waals surface area contributed by atoms with Crippen molar-refractivity contribution in [2.45, 2.75) is 44.7 Å². The number of aromatic nitrogens is 2. The molecule has 0 bridgehead atoms. The topological polar surface area (TPSA) is 140 Å². The van der Waals surface area contributed by atoms with Crippen molar-refractivity contribution in [3.05, 3.63) is 47.0 Å². The van der Waals surface area contributed by atoms with Gasteiger partial charge in [0.15, 0.2) is 0 Å². The van der Waals surface area contributed by atoms with Crippen LogP contribution in [-0.2, 0) is 10.1 Å². The van der Waals surface area contributed by atoms with Crippen LogP contribution in [0.4, 0.5) is 16.2 Å². The fourth-order valence-corrected chi connectivity index (χ4v) is 3.91. The van der Waals surface area contributed by atoms with E-state index in [1.807, 2.05) is 24.0 Å². The predicted octanol–water partition coefficient (Wildman–Crippen LogP) is 3.51. The van der Waals surface area contributed by atoms with E-state index >= 15 is 0 Å². The first-order valence-electron chi connectivity index (χ1n) is 10.7. The van der Waals surface area contributed by atoms with Gasteiger partial charge >= 0.3 is 6.03 Å². The summed E-state index contributed by atoms with van der Waals surface area (Å²) in [6.45, 7) is 5.35. The van der Waals surface area contributed by atoms with Crippen molar-refractivity contribution in [1.82, 2.24) is 14.9 Å². The third-order valence-electron chi connectivity index (χ3n) is 5.52. The first-order chi connectivity index (χ1) is 16.0. The third kappa shape index (κ3) is 7.03. The number of rotatable bonds is 3. The highest BCUT2D eigenvalue weighted by Gasteiger charge is 2.32. The lowest BCUT2D eigenvalue weighted by atomic mass is 10.1. The second-order valence-electron chi connectivity index (χ2n) is 8.55. The maximum absolute atomic E-state index is 12.8. The Hall–Kier alpha value is -2.94. The Bertz CT molecular complexity index is 1170. The highest BCUT2D eigenvalue weighted by Crippen LogP contribution is 2.37. The molecule has 1 aromatic heterocycles. The quantitative estimate of drug-likeness (QED) is 0.602. The molecule has 10 nitrogen and oxygen atoms in total. The van der Waals surface area contributed by atoms with Crippen LogP contribution in [0.15, 0.2) is 30.6 Å². The van der Waals surface area contributed by atoms with Crippen LogP contribution < -0.4 is 10.2 Å². The number of nitrogens with one attached hydrogen (secondary N) is 1. The molecule has 2 amide bonds. The van der Waals surface area contributed by atoms with Crippen LogP contribution in [0, 0.1) is 11.3 Å². The molecule has 2 N–H and O–H groups in total. The Labute approximate surface area is 204 Å². The lowest BCUT2D eigenvalue weighted by Crippen LogP contribution is -2.59. The summed E-state index contributed by atoms with van der Waals surface area (Å²) < 4.78 is 25.9. The fourth-order valence-electron chi connectivity index (χ4n) is 3.69. The number of hydrogen-bond acceptors (Lipinski definition) is 7. The highest BCUT2D eigenvalue weighted by molar-refractivity contribution is 7.85. The molecule has 182 valence electrons. The van der Waals surface area contributed by atoms with E-state index in [4.69, 9.17) is 21.4 Å². The van der Waals surface area contributed by atoms with Crippen molar-refractivity contribution < 1.29 is 17.8 Å². The Balaban J connectivity index is 0.000000588. The minimum absolute atomic E-state index is 0.00674. The number of anilines is 2. The van der Waals surface area contributed by atoms with Gasteiger partial charge in [0, 0.05) is 36.8 Å². The van der Waals surface area contributed by atoms with E-state index in [9.17, 15) is 13.2 Å². The van der Waals surface area contributed by atoms with Crippen molar-refractivity contribution >= 4 is 39.1 Å². The van der Waals surface area contributed by atoms with Crippen molar-refractivity contribution in [2.75, 3.05) is 29.6 Å². The van der Waals surface area contributed by atoms with Crippen LogP contribution in [0.2, 0.25) is 5.02 Å². The third-order valence-corrected chi connectivity index (χ3v) is 5.83. The first-order valence-corrected chi connectivity index (χ1v) is 13.0. The van der Waals surface area contributed by atoms with Gasteiger partial charge in [-0.2, -0.15) is 13.7 Å². The standard InChI is InChI=1S/C21H23ClN6O.CH4O3S/c1-13-12-28(21(29)26-17-9-24-20(25-10-17)15-3-4-15)14(2)11-27(13)18-6-5-16(8-23)19(22)7-18;1-5(2,3)4/h5-7,9-10,13-15H,3-4,11-12H2,1-2H3,(H,26,29);1H3,(H,2,3,4)/t13-,14+;/m0./s1.